The van der Waals surface area contributed by atoms with Gasteiger partial charge in [-0.1, -0.05) is 0 Å². The van der Waals surface area contributed by atoms with Crippen molar-refractivity contribution in [3.8, 4) is 0 Å². The SMILES string of the molecule is CCOC(=O)c1ccc(S(=O)(=O)N(CCCO)Cc2cc3cc(C)c(C)cc3[nH]c2=O)cc1. The molecule has 0 aliphatic carbocycles. The Morgan fingerprint density at radius 2 is 1.76 bits per heavy atom. The predicted molar refractivity (Wildman–Crippen MR) is 126 cm³/mol. The molecule has 0 amide bonds. The van der Waals surface area contributed by atoms with E-state index in [1.54, 1.807) is 13.0 Å². The van der Waals surface area contributed by atoms with E-state index in [2.05, 4.69) is 4.98 Å². The van der Waals surface area contributed by atoms with Crippen LogP contribution in [0.25, 0.3) is 10.9 Å². The Hall–Kier alpha value is -3.01. The molecule has 0 fully saturated rings. The number of rotatable bonds is 9. The molecular weight excluding hydrogens is 444 g/mol. The largest absolute Gasteiger partial charge is 0.462 e. The third-order valence-electron chi connectivity index (χ3n) is 5.45. The number of nitrogens with one attached hydrogen (secondary N) is 1. The fourth-order valence-electron chi connectivity index (χ4n) is 3.49. The molecule has 0 saturated carbocycles. The molecule has 0 unspecified atom stereocenters. The van der Waals surface area contributed by atoms with Crippen LogP contribution in [0.5, 0.6) is 0 Å². The summed E-state index contributed by atoms with van der Waals surface area (Å²) in [7, 11) is -3.99. The molecular formula is C24H28N2O6S. The molecule has 3 aromatic rings. The van der Waals surface area contributed by atoms with E-state index < -0.39 is 16.0 Å². The number of hydrogen-bond acceptors (Lipinski definition) is 6. The minimum absolute atomic E-state index is 0.0165. The monoisotopic (exact) mass is 472 g/mol. The first kappa shape index (κ1) is 24.6. The van der Waals surface area contributed by atoms with Gasteiger partial charge in [-0.25, -0.2) is 13.2 Å². The molecule has 8 nitrogen and oxygen atoms in total. The smallest absolute Gasteiger partial charge is 0.338 e. The van der Waals surface area contributed by atoms with E-state index in [4.69, 9.17) is 4.74 Å². The zero-order valence-electron chi connectivity index (χ0n) is 18.9. The van der Waals surface area contributed by atoms with Gasteiger partial charge in [-0.15, -0.1) is 0 Å². The van der Waals surface area contributed by atoms with E-state index in [-0.39, 0.29) is 48.7 Å². The molecule has 176 valence electrons. The van der Waals surface area contributed by atoms with Crippen molar-refractivity contribution < 1.29 is 23.1 Å². The molecule has 1 aromatic heterocycles. The van der Waals surface area contributed by atoms with Gasteiger partial charge in [0.1, 0.15) is 0 Å². The van der Waals surface area contributed by atoms with Crippen molar-refractivity contribution in [1.29, 1.82) is 0 Å². The standard InChI is InChI=1S/C24H28N2O6S/c1-4-32-24(29)18-6-8-21(9-7-18)33(30,31)26(10-5-11-27)15-20-14-19-12-16(2)17(3)13-22(19)25-23(20)28/h6-9,12-14,27H,4-5,10-11,15H2,1-3H3,(H,25,28). The van der Waals surface area contributed by atoms with Crippen LogP contribution in [0.15, 0.2) is 52.2 Å². The molecule has 3 rings (SSSR count). The average molecular weight is 473 g/mol. The lowest BCUT2D eigenvalue weighted by Crippen LogP contribution is -2.34. The summed E-state index contributed by atoms with van der Waals surface area (Å²) in [6.07, 6.45) is 0.212. The van der Waals surface area contributed by atoms with Crippen LogP contribution in [0.1, 0.15) is 40.4 Å². The Kier molecular flexibility index (Phi) is 7.68. The summed E-state index contributed by atoms with van der Waals surface area (Å²) in [5, 5.41) is 10.1. The number of H-pyrrole nitrogens is 1. The molecule has 2 aromatic carbocycles. The number of carbonyl (C=O) groups is 1. The Labute approximate surface area is 192 Å². The number of esters is 1. The summed E-state index contributed by atoms with van der Waals surface area (Å²) in [5.41, 5.74) is 2.97. The number of fused-ring (bicyclic) bond motifs is 1. The first-order chi connectivity index (χ1) is 15.7. The van der Waals surface area contributed by atoms with Gasteiger partial charge in [0.2, 0.25) is 10.0 Å². The lowest BCUT2D eigenvalue weighted by Gasteiger charge is -2.22. The van der Waals surface area contributed by atoms with Gasteiger partial charge in [-0.2, -0.15) is 4.31 Å². The molecule has 9 heteroatoms. The third-order valence-corrected chi connectivity index (χ3v) is 7.31. The van der Waals surface area contributed by atoms with E-state index in [0.29, 0.717) is 11.1 Å². The fourth-order valence-corrected chi connectivity index (χ4v) is 4.94. The van der Waals surface area contributed by atoms with Crippen LogP contribution >= 0.6 is 0 Å². The van der Waals surface area contributed by atoms with Gasteiger partial charge in [-0.05, 0) is 86.2 Å². The zero-order valence-corrected chi connectivity index (χ0v) is 19.7. The summed E-state index contributed by atoms with van der Waals surface area (Å²) in [5.74, 6) is -0.535. The number of aromatic amines is 1. The topological polar surface area (TPSA) is 117 Å². The maximum absolute atomic E-state index is 13.3. The van der Waals surface area contributed by atoms with Crippen LogP contribution in [0, 0.1) is 13.8 Å². The first-order valence-electron chi connectivity index (χ1n) is 10.7. The summed E-state index contributed by atoms with van der Waals surface area (Å²) in [6, 6.07) is 11.0. The van der Waals surface area contributed by atoms with Crippen LogP contribution < -0.4 is 5.56 Å². The van der Waals surface area contributed by atoms with Crippen molar-refractivity contribution in [3.05, 3.63) is 75.1 Å². The van der Waals surface area contributed by atoms with E-state index in [0.717, 1.165) is 16.5 Å². The number of ether oxygens (including phenoxy) is 1. The summed E-state index contributed by atoms with van der Waals surface area (Å²) in [6.45, 7) is 5.51. The van der Waals surface area contributed by atoms with E-state index in [1.165, 1.54) is 28.6 Å². The van der Waals surface area contributed by atoms with Gasteiger partial charge in [-0.3, -0.25) is 4.79 Å². The number of aliphatic hydroxyl groups is 1. The van der Waals surface area contributed by atoms with Gasteiger partial charge in [0.05, 0.1) is 17.1 Å². The average Bonchev–Trinajstić information content (AvgIpc) is 2.78. The Balaban J connectivity index is 1.96. The van der Waals surface area contributed by atoms with Crippen molar-refractivity contribution in [1.82, 2.24) is 9.29 Å². The fraction of sp³-hybridized carbons (Fsp3) is 0.333. The number of pyridine rings is 1. The number of hydrogen-bond donors (Lipinski definition) is 2. The molecule has 33 heavy (non-hydrogen) atoms. The van der Waals surface area contributed by atoms with Crippen LogP contribution in [0.3, 0.4) is 0 Å². The van der Waals surface area contributed by atoms with E-state index in [9.17, 15) is 23.1 Å². The first-order valence-corrected chi connectivity index (χ1v) is 12.1. The Morgan fingerprint density at radius 1 is 1.09 bits per heavy atom. The summed E-state index contributed by atoms with van der Waals surface area (Å²) < 4.78 is 32.8. The summed E-state index contributed by atoms with van der Waals surface area (Å²) >= 11 is 0. The number of aromatic nitrogens is 1. The molecule has 0 radical (unpaired) electrons. The van der Waals surface area contributed by atoms with Crippen molar-refractivity contribution in [2.45, 2.75) is 38.6 Å². The number of aliphatic hydroxyl groups excluding tert-OH is 1. The van der Waals surface area contributed by atoms with Crippen LogP contribution in [-0.2, 0) is 21.3 Å². The highest BCUT2D eigenvalue weighted by atomic mass is 32.2. The zero-order chi connectivity index (χ0) is 24.2. The van der Waals surface area contributed by atoms with Gasteiger partial charge >= 0.3 is 5.97 Å². The number of aryl methyl sites for hydroxylation is 2. The van der Waals surface area contributed by atoms with Gasteiger partial charge < -0.3 is 14.8 Å². The highest BCUT2D eigenvalue weighted by Gasteiger charge is 2.26. The quantitative estimate of drug-likeness (QED) is 0.463. The molecule has 0 atom stereocenters. The number of sulfonamides is 1. The van der Waals surface area contributed by atoms with Crippen LogP contribution in [-0.4, -0.2) is 48.5 Å². The number of carbonyl (C=O) groups excluding carboxylic acids is 1. The van der Waals surface area contributed by atoms with Crippen molar-refractivity contribution in [2.24, 2.45) is 0 Å². The highest BCUT2D eigenvalue weighted by Crippen LogP contribution is 2.21. The molecule has 0 aliphatic rings. The minimum atomic E-state index is -3.99. The molecule has 0 bridgehead atoms. The second kappa shape index (κ2) is 10.3. The van der Waals surface area contributed by atoms with E-state index in [1.807, 2.05) is 26.0 Å². The minimum Gasteiger partial charge on any atom is -0.462 e. The van der Waals surface area contributed by atoms with Crippen molar-refractivity contribution >= 4 is 26.9 Å². The Bertz CT molecular complexity index is 1310. The van der Waals surface area contributed by atoms with Crippen LogP contribution in [0.4, 0.5) is 0 Å². The van der Waals surface area contributed by atoms with Gasteiger partial charge in [0, 0.05) is 30.8 Å². The number of nitrogens with zero attached hydrogens (tertiary/aromatic N) is 1. The highest BCUT2D eigenvalue weighted by molar-refractivity contribution is 7.89. The molecule has 0 aliphatic heterocycles. The van der Waals surface area contributed by atoms with Gasteiger partial charge in [0.25, 0.3) is 5.56 Å². The Morgan fingerprint density at radius 3 is 2.39 bits per heavy atom. The van der Waals surface area contributed by atoms with Crippen LogP contribution in [0.2, 0.25) is 0 Å². The molecule has 2 N–H and O–H groups in total. The molecule has 0 saturated heterocycles. The second-order valence-electron chi connectivity index (χ2n) is 7.81. The maximum atomic E-state index is 13.3. The van der Waals surface area contributed by atoms with Crippen molar-refractivity contribution in [2.75, 3.05) is 19.8 Å². The molecule has 0 spiro atoms. The third kappa shape index (κ3) is 5.50. The second-order valence-corrected chi connectivity index (χ2v) is 9.75. The molecule has 1 heterocycles. The maximum Gasteiger partial charge on any atom is 0.338 e. The lowest BCUT2D eigenvalue weighted by molar-refractivity contribution is 0.0526. The normalized spacial score (nSPS) is 11.8. The predicted octanol–water partition coefficient (Wildman–Crippen LogP) is 2.89. The number of benzene rings is 2. The summed E-state index contributed by atoms with van der Waals surface area (Å²) in [4.78, 5) is 27.4. The van der Waals surface area contributed by atoms with Crippen molar-refractivity contribution in [3.63, 3.8) is 0 Å². The van der Waals surface area contributed by atoms with E-state index >= 15 is 0 Å². The van der Waals surface area contributed by atoms with Gasteiger partial charge in [0.15, 0.2) is 0 Å². The lowest BCUT2D eigenvalue weighted by atomic mass is 10.0.